The molecule has 1 rings (SSSR count). The van der Waals surface area contributed by atoms with Crippen LogP contribution in [-0.2, 0) is 11.2 Å². The molecule has 14 heavy (non-hydrogen) atoms. The molecule has 0 aliphatic rings. The summed E-state index contributed by atoms with van der Waals surface area (Å²) in [4.78, 5) is 12.5. The van der Waals surface area contributed by atoms with E-state index in [4.69, 9.17) is 5.73 Å². The standard InChI is InChI=1S/C9H13BrN2OS/c1-6(5-11)12-9(13)4-7-2-3-8(10)14-7/h2-3,6H,4-5,11H2,1H3,(H,12,13)/t6-/m1/s1. The van der Waals surface area contributed by atoms with Gasteiger partial charge in [0.25, 0.3) is 0 Å². The normalized spacial score (nSPS) is 12.5. The van der Waals surface area contributed by atoms with E-state index in [0.717, 1.165) is 8.66 Å². The Kier molecular flexibility index (Phi) is 4.57. The zero-order valence-corrected chi connectivity index (χ0v) is 10.3. The van der Waals surface area contributed by atoms with Crippen LogP contribution in [0.5, 0.6) is 0 Å². The molecule has 78 valence electrons. The van der Waals surface area contributed by atoms with Gasteiger partial charge in [0.2, 0.25) is 5.91 Å². The van der Waals surface area contributed by atoms with Crippen LogP contribution < -0.4 is 11.1 Å². The molecule has 0 bridgehead atoms. The summed E-state index contributed by atoms with van der Waals surface area (Å²) >= 11 is 4.93. The average Bonchev–Trinajstić information content (AvgIpc) is 2.50. The third-order valence-electron chi connectivity index (χ3n) is 1.72. The summed E-state index contributed by atoms with van der Waals surface area (Å²) < 4.78 is 1.05. The second-order valence-electron chi connectivity index (χ2n) is 3.09. The Morgan fingerprint density at radius 2 is 2.43 bits per heavy atom. The monoisotopic (exact) mass is 276 g/mol. The molecule has 5 heteroatoms. The molecular weight excluding hydrogens is 264 g/mol. The van der Waals surface area contributed by atoms with Crippen molar-refractivity contribution < 1.29 is 4.79 Å². The summed E-state index contributed by atoms with van der Waals surface area (Å²) in [5, 5.41) is 2.81. The zero-order valence-electron chi connectivity index (χ0n) is 7.92. The van der Waals surface area contributed by atoms with Crippen LogP contribution in [-0.4, -0.2) is 18.5 Å². The van der Waals surface area contributed by atoms with Gasteiger partial charge < -0.3 is 11.1 Å². The fraction of sp³-hybridized carbons (Fsp3) is 0.444. The summed E-state index contributed by atoms with van der Waals surface area (Å²) in [6, 6.07) is 3.94. The summed E-state index contributed by atoms with van der Waals surface area (Å²) in [5.41, 5.74) is 5.40. The maximum absolute atomic E-state index is 11.4. The zero-order chi connectivity index (χ0) is 10.6. The van der Waals surface area contributed by atoms with Crippen molar-refractivity contribution in [1.82, 2.24) is 5.32 Å². The van der Waals surface area contributed by atoms with Gasteiger partial charge in [0.1, 0.15) is 0 Å². The molecule has 0 radical (unpaired) electrons. The van der Waals surface area contributed by atoms with Gasteiger partial charge in [-0.1, -0.05) is 0 Å². The summed E-state index contributed by atoms with van der Waals surface area (Å²) in [5.74, 6) is 0.0253. The van der Waals surface area contributed by atoms with Crippen LogP contribution in [0.2, 0.25) is 0 Å². The molecule has 3 nitrogen and oxygen atoms in total. The minimum Gasteiger partial charge on any atom is -0.352 e. The lowest BCUT2D eigenvalue weighted by Gasteiger charge is -2.10. The Hall–Kier alpha value is -0.390. The number of nitrogens with one attached hydrogen (secondary N) is 1. The van der Waals surface area contributed by atoms with Crippen molar-refractivity contribution in [2.45, 2.75) is 19.4 Å². The molecule has 0 aromatic carbocycles. The van der Waals surface area contributed by atoms with Crippen molar-refractivity contribution in [3.05, 3.63) is 20.8 Å². The smallest absolute Gasteiger partial charge is 0.225 e. The number of thiophene rings is 1. The predicted octanol–water partition coefficient (Wildman–Crippen LogP) is 1.52. The molecule has 1 heterocycles. The minimum atomic E-state index is 0.0253. The number of carbonyl (C=O) groups excluding carboxylic acids is 1. The Bertz CT molecular complexity index is 314. The molecule has 0 saturated carbocycles. The van der Waals surface area contributed by atoms with E-state index < -0.39 is 0 Å². The highest BCUT2D eigenvalue weighted by atomic mass is 79.9. The van der Waals surface area contributed by atoms with Crippen molar-refractivity contribution in [3.63, 3.8) is 0 Å². The first-order valence-electron chi connectivity index (χ1n) is 4.35. The lowest BCUT2D eigenvalue weighted by Crippen LogP contribution is -2.38. The van der Waals surface area contributed by atoms with E-state index >= 15 is 0 Å². The van der Waals surface area contributed by atoms with Crippen molar-refractivity contribution >= 4 is 33.2 Å². The third kappa shape index (κ3) is 3.77. The number of rotatable bonds is 4. The van der Waals surface area contributed by atoms with Gasteiger partial charge in [-0.15, -0.1) is 11.3 Å². The number of nitrogens with two attached hydrogens (primary N) is 1. The van der Waals surface area contributed by atoms with Crippen molar-refractivity contribution in [1.29, 1.82) is 0 Å². The van der Waals surface area contributed by atoms with Gasteiger partial charge in [0, 0.05) is 17.5 Å². The Morgan fingerprint density at radius 1 is 1.71 bits per heavy atom. The van der Waals surface area contributed by atoms with Crippen LogP contribution in [0.15, 0.2) is 15.9 Å². The Labute approximate surface area is 95.8 Å². The van der Waals surface area contributed by atoms with E-state index in [0.29, 0.717) is 13.0 Å². The molecule has 1 atom stereocenters. The number of carbonyl (C=O) groups is 1. The first kappa shape index (κ1) is 11.7. The topological polar surface area (TPSA) is 55.1 Å². The Balaban J connectivity index is 2.41. The van der Waals surface area contributed by atoms with Crippen LogP contribution in [0.4, 0.5) is 0 Å². The lowest BCUT2D eigenvalue weighted by atomic mass is 10.3. The first-order valence-corrected chi connectivity index (χ1v) is 5.96. The van der Waals surface area contributed by atoms with E-state index in [2.05, 4.69) is 21.2 Å². The quantitative estimate of drug-likeness (QED) is 0.876. The molecule has 0 spiro atoms. The summed E-state index contributed by atoms with van der Waals surface area (Å²) in [7, 11) is 0. The second kappa shape index (κ2) is 5.48. The number of hydrogen-bond donors (Lipinski definition) is 2. The van der Waals surface area contributed by atoms with Crippen LogP contribution >= 0.6 is 27.3 Å². The first-order chi connectivity index (χ1) is 6.61. The second-order valence-corrected chi connectivity index (χ2v) is 5.63. The molecule has 1 aromatic rings. The number of amides is 1. The van der Waals surface area contributed by atoms with E-state index in [-0.39, 0.29) is 11.9 Å². The fourth-order valence-corrected chi connectivity index (χ4v) is 2.47. The Morgan fingerprint density at radius 3 is 2.93 bits per heavy atom. The highest BCUT2D eigenvalue weighted by Gasteiger charge is 2.07. The van der Waals surface area contributed by atoms with Gasteiger partial charge >= 0.3 is 0 Å². The van der Waals surface area contributed by atoms with Gasteiger partial charge in [-0.3, -0.25) is 4.79 Å². The summed E-state index contributed by atoms with van der Waals surface area (Å²) in [6.45, 7) is 2.36. The number of halogens is 1. The van der Waals surface area contributed by atoms with Gasteiger partial charge in [0.05, 0.1) is 10.2 Å². The minimum absolute atomic E-state index is 0.0253. The SMILES string of the molecule is C[C@H](CN)NC(=O)Cc1ccc(Br)s1. The van der Waals surface area contributed by atoms with Gasteiger partial charge in [-0.25, -0.2) is 0 Å². The van der Waals surface area contributed by atoms with E-state index in [9.17, 15) is 4.79 Å². The van der Waals surface area contributed by atoms with Gasteiger partial charge in [0.15, 0.2) is 0 Å². The van der Waals surface area contributed by atoms with Crippen LogP contribution in [0.25, 0.3) is 0 Å². The lowest BCUT2D eigenvalue weighted by molar-refractivity contribution is -0.120. The highest BCUT2D eigenvalue weighted by Crippen LogP contribution is 2.22. The van der Waals surface area contributed by atoms with Crippen molar-refractivity contribution in [2.24, 2.45) is 5.73 Å². The maximum Gasteiger partial charge on any atom is 0.225 e. The van der Waals surface area contributed by atoms with Crippen LogP contribution in [0.3, 0.4) is 0 Å². The fourth-order valence-electron chi connectivity index (χ4n) is 0.990. The van der Waals surface area contributed by atoms with E-state index in [1.165, 1.54) is 0 Å². The molecular formula is C9H13BrN2OS. The highest BCUT2D eigenvalue weighted by molar-refractivity contribution is 9.11. The summed E-state index contributed by atoms with van der Waals surface area (Å²) in [6.07, 6.45) is 0.431. The molecule has 1 amide bonds. The molecule has 0 fully saturated rings. The van der Waals surface area contributed by atoms with Crippen LogP contribution in [0.1, 0.15) is 11.8 Å². The molecule has 1 aromatic heterocycles. The molecule has 3 N–H and O–H groups in total. The third-order valence-corrected chi connectivity index (χ3v) is 3.35. The largest absolute Gasteiger partial charge is 0.352 e. The molecule has 0 aliphatic carbocycles. The van der Waals surface area contributed by atoms with Crippen molar-refractivity contribution in [2.75, 3.05) is 6.54 Å². The molecule has 0 saturated heterocycles. The van der Waals surface area contributed by atoms with Crippen molar-refractivity contribution in [3.8, 4) is 0 Å². The van der Waals surface area contributed by atoms with E-state index in [1.54, 1.807) is 11.3 Å². The average molecular weight is 277 g/mol. The van der Waals surface area contributed by atoms with Gasteiger partial charge in [-0.2, -0.15) is 0 Å². The van der Waals surface area contributed by atoms with Gasteiger partial charge in [-0.05, 0) is 35.0 Å². The van der Waals surface area contributed by atoms with E-state index in [1.807, 2.05) is 19.1 Å². The molecule has 0 aliphatic heterocycles. The predicted molar refractivity (Wildman–Crippen MR) is 62.4 cm³/mol. The van der Waals surface area contributed by atoms with Crippen LogP contribution in [0, 0.1) is 0 Å². The molecule has 0 unspecified atom stereocenters. The maximum atomic E-state index is 11.4. The number of hydrogen-bond acceptors (Lipinski definition) is 3.